The van der Waals surface area contributed by atoms with Crippen LogP contribution < -0.4 is 4.74 Å². The molecule has 3 nitrogen and oxygen atoms in total. The van der Waals surface area contributed by atoms with Crippen molar-refractivity contribution in [2.75, 3.05) is 14.2 Å². The Labute approximate surface area is 108 Å². The monoisotopic (exact) mass is 248 g/mol. The van der Waals surface area contributed by atoms with Crippen molar-refractivity contribution >= 4 is 5.97 Å². The molecular weight excluding hydrogens is 228 g/mol. The van der Waals surface area contributed by atoms with Gasteiger partial charge in [0.15, 0.2) is 0 Å². The van der Waals surface area contributed by atoms with Crippen molar-refractivity contribution in [1.82, 2.24) is 0 Å². The number of hydrogen-bond acceptors (Lipinski definition) is 3. The van der Waals surface area contributed by atoms with E-state index in [9.17, 15) is 4.79 Å². The first-order valence-corrected chi connectivity index (χ1v) is 6.11. The van der Waals surface area contributed by atoms with Gasteiger partial charge in [0.25, 0.3) is 0 Å². The summed E-state index contributed by atoms with van der Waals surface area (Å²) in [5.41, 5.74) is 1.29. The standard InChI is InChI=1S/C15H20O3/c1-17-14-11-9-13(10-12-14)7-5-3-4-6-8-15(16)18-2/h3-4,9-12H,5-8H2,1-2H3/b4-3+. The molecule has 0 aromatic heterocycles. The van der Waals surface area contributed by atoms with Gasteiger partial charge in [0.2, 0.25) is 0 Å². The molecule has 0 heterocycles. The molecule has 1 aromatic rings. The highest BCUT2D eigenvalue weighted by atomic mass is 16.5. The number of carbonyl (C=O) groups is 1. The molecule has 18 heavy (non-hydrogen) atoms. The van der Waals surface area contributed by atoms with E-state index in [4.69, 9.17) is 4.74 Å². The number of methoxy groups -OCH3 is 2. The zero-order valence-electron chi connectivity index (χ0n) is 11.0. The molecule has 0 aliphatic heterocycles. The molecular formula is C15H20O3. The highest BCUT2D eigenvalue weighted by Crippen LogP contribution is 2.12. The van der Waals surface area contributed by atoms with Gasteiger partial charge in [-0.3, -0.25) is 4.79 Å². The fourth-order valence-electron chi connectivity index (χ4n) is 1.58. The fourth-order valence-corrected chi connectivity index (χ4v) is 1.58. The summed E-state index contributed by atoms with van der Waals surface area (Å²) in [4.78, 5) is 10.9. The van der Waals surface area contributed by atoms with Crippen LogP contribution in [0, 0.1) is 0 Å². The minimum absolute atomic E-state index is 0.158. The predicted molar refractivity (Wildman–Crippen MR) is 71.7 cm³/mol. The summed E-state index contributed by atoms with van der Waals surface area (Å²) in [6, 6.07) is 8.08. The van der Waals surface area contributed by atoms with Gasteiger partial charge in [-0.2, -0.15) is 0 Å². The molecule has 0 bridgehead atoms. The molecule has 0 radical (unpaired) electrons. The third kappa shape index (κ3) is 5.53. The summed E-state index contributed by atoms with van der Waals surface area (Å²) < 4.78 is 9.67. The van der Waals surface area contributed by atoms with E-state index in [-0.39, 0.29) is 5.97 Å². The second-order valence-corrected chi connectivity index (χ2v) is 3.97. The van der Waals surface area contributed by atoms with Gasteiger partial charge < -0.3 is 9.47 Å². The van der Waals surface area contributed by atoms with E-state index in [0.29, 0.717) is 6.42 Å². The third-order valence-corrected chi connectivity index (χ3v) is 2.67. The van der Waals surface area contributed by atoms with Crippen LogP contribution >= 0.6 is 0 Å². The number of carbonyl (C=O) groups excluding carboxylic acids is 1. The summed E-state index contributed by atoms with van der Waals surface area (Å²) in [6.07, 6.45) is 7.31. The summed E-state index contributed by atoms with van der Waals surface area (Å²) >= 11 is 0. The second-order valence-electron chi connectivity index (χ2n) is 3.97. The molecule has 0 spiro atoms. The molecule has 3 heteroatoms. The molecule has 0 aliphatic carbocycles. The number of benzene rings is 1. The molecule has 0 atom stereocenters. The lowest BCUT2D eigenvalue weighted by Crippen LogP contribution is -1.97. The van der Waals surface area contributed by atoms with Crippen molar-refractivity contribution in [3.05, 3.63) is 42.0 Å². The van der Waals surface area contributed by atoms with Crippen molar-refractivity contribution in [3.8, 4) is 5.75 Å². The van der Waals surface area contributed by atoms with Crippen LogP contribution in [0.15, 0.2) is 36.4 Å². The van der Waals surface area contributed by atoms with E-state index < -0.39 is 0 Å². The molecule has 0 saturated heterocycles. The molecule has 0 saturated carbocycles. The Bertz CT molecular complexity index is 379. The van der Waals surface area contributed by atoms with E-state index >= 15 is 0 Å². The smallest absolute Gasteiger partial charge is 0.305 e. The van der Waals surface area contributed by atoms with Crippen LogP contribution in [0.4, 0.5) is 0 Å². The Morgan fingerprint density at radius 2 is 1.78 bits per heavy atom. The Morgan fingerprint density at radius 1 is 1.11 bits per heavy atom. The van der Waals surface area contributed by atoms with E-state index in [2.05, 4.69) is 22.9 Å². The number of ether oxygens (including phenoxy) is 2. The quantitative estimate of drug-likeness (QED) is 0.549. The first kappa shape index (κ1) is 14.3. The van der Waals surface area contributed by atoms with Gasteiger partial charge in [0.05, 0.1) is 14.2 Å². The van der Waals surface area contributed by atoms with Crippen LogP contribution in [0.1, 0.15) is 24.8 Å². The third-order valence-electron chi connectivity index (χ3n) is 2.67. The van der Waals surface area contributed by atoms with Crippen LogP contribution in [0.25, 0.3) is 0 Å². The van der Waals surface area contributed by atoms with Gasteiger partial charge in [0, 0.05) is 6.42 Å². The molecule has 0 fully saturated rings. The number of rotatable bonds is 7. The number of allylic oxidation sites excluding steroid dienone is 2. The lowest BCUT2D eigenvalue weighted by molar-refractivity contribution is -0.140. The molecule has 1 rings (SSSR count). The van der Waals surface area contributed by atoms with Crippen LogP contribution in [0.2, 0.25) is 0 Å². The molecule has 0 aliphatic rings. The highest BCUT2D eigenvalue weighted by Gasteiger charge is 1.96. The fraction of sp³-hybridized carbons (Fsp3) is 0.400. The summed E-state index contributed by atoms with van der Waals surface area (Å²) in [6.45, 7) is 0. The highest BCUT2D eigenvalue weighted by molar-refractivity contribution is 5.69. The van der Waals surface area contributed by atoms with Gasteiger partial charge in [0.1, 0.15) is 5.75 Å². The van der Waals surface area contributed by atoms with Gasteiger partial charge in [-0.15, -0.1) is 0 Å². The van der Waals surface area contributed by atoms with Gasteiger partial charge in [-0.05, 0) is 37.0 Å². The molecule has 0 amide bonds. The maximum Gasteiger partial charge on any atom is 0.305 e. The number of aryl methyl sites for hydroxylation is 1. The minimum Gasteiger partial charge on any atom is -0.497 e. The summed E-state index contributed by atoms with van der Waals surface area (Å²) in [5, 5.41) is 0. The molecule has 0 N–H and O–H groups in total. The lowest BCUT2D eigenvalue weighted by Gasteiger charge is -2.01. The van der Waals surface area contributed by atoms with Crippen LogP contribution in [0.5, 0.6) is 5.75 Å². The van der Waals surface area contributed by atoms with Crippen molar-refractivity contribution in [1.29, 1.82) is 0 Å². The average molecular weight is 248 g/mol. The zero-order valence-corrected chi connectivity index (χ0v) is 11.0. The number of esters is 1. The first-order chi connectivity index (χ1) is 8.76. The normalized spacial score (nSPS) is 10.6. The maximum absolute atomic E-state index is 10.9. The van der Waals surface area contributed by atoms with Gasteiger partial charge in [-0.1, -0.05) is 24.3 Å². The zero-order chi connectivity index (χ0) is 13.2. The Hall–Kier alpha value is -1.77. The van der Waals surface area contributed by atoms with Gasteiger partial charge in [-0.25, -0.2) is 0 Å². The van der Waals surface area contributed by atoms with Crippen molar-refractivity contribution < 1.29 is 14.3 Å². The van der Waals surface area contributed by atoms with E-state index in [1.807, 2.05) is 18.2 Å². The van der Waals surface area contributed by atoms with E-state index in [1.165, 1.54) is 12.7 Å². The molecule has 98 valence electrons. The van der Waals surface area contributed by atoms with E-state index in [0.717, 1.165) is 25.0 Å². The van der Waals surface area contributed by atoms with Crippen LogP contribution in [-0.4, -0.2) is 20.2 Å². The minimum atomic E-state index is -0.158. The van der Waals surface area contributed by atoms with Crippen molar-refractivity contribution in [3.63, 3.8) is 0 Å². The maximum atomic E-state index is 10.9. The summed E-state index contributed by atoms with van der Waals surface area (Å²) in [5.74, 6) is 0.724. The summed E-state index contributed by atoms with van der Waals surface area (Å²) in [7, 11) is 3.08. The van der Waals surface area contributed by atoms with Crippen molar-refractivity contribution in [2.24, 2.45) is 0 Å². The van der Waals surface area contributed by atoms with Crippen LogP contribution in [0.3, 0.4) is 0 Å². The van der Waals surface area contributed by atoms with E-state index in [1.54, 1.807) is 7.11 Å². The molecule has 0 unspecified atom stereocenters. The Morgan fingerprint density at radius 3 is 2.39 bits per heavy atom. The predicted octanol–water partition coefficient (Wildman–Crippen LogP) is 3.14. The Balaban J connectivity index is 2.20. The second kappa shape index (κ2) is 8.34. The van der Waals surface area contributed by atoms with Crippen LogP contribution in [-0.2, 0) is 16.0 Å². The van der Waals surface area contributed by atoms with Gasteiger partial charge >= 0.3 is 5.97 Å². The number of hydrogen-bond donors (Lipinski definition) is 0. The van der Waals surface area contributed by atoms with Crippen molar-refractivity contribution in [2.45, 2.75) is 25.7 Å². The largest absolute Gasteiger partial charge is 0.497 e. The lowest BCUT2D eigenvalue weighted by atomic mass is 10.1. The molecule has 1 aromatic carbocycles. The average Bonchev–Trinajstić information content (AvgIpc) is 2.43. The first-order valence-electron chi connectivity index (χ1n) is 6.11. The Kier molecular flexibility index (Phi) is 6.62. The topological polar surface area (TPSA) is 35.5 Å². The SMILES string of the molecule is COC(=O)CC/C=C/CCc1ccc(OC)cc1.